The molecular weight excluding hydrogens is 244 g/mol. The van der Waals surface area contributed by atoms with Gasteiger partial charge in [-0.25, -0.2) is 13.6 Å². The van der Waals surface area contributed by atoms with E-state index in [0.29, 0.717) is 18.3 Å². The maximum absolute atomic E-state index is 10.9. The first kappa shape index (κ1) is 12.5. The molecule has 1 aliphatic rings. The van der Waals surface area contributed by atoms with E-state index in [1.807, 2.05) is 4.90 Å². The van der Waals surface area contributed by atoms with Crippen molar-refractivity contribution in [2.24, 2.45) is 5.14 Å². The molecule has 2 N–H and O–H groups in total. The van der Waals surface area contributed by atoms with Crippen LogP contribution in [0.4, 0.5) is 0 Å². The molecule has 8 heteroatoms. The van der Waals surface area contributed by atoms with Gasteiger partial charge in [-0.3, -0.25) is 4.90 Å². The zero-order chi connectivity index (χ0) is 12.5. The molecule has 0 radical (unpaired) electrons. The van der Waals surface area contributed by atoms with E-state index in [-0.39, 0.29) is 11.8 Å². The highest BCUT2D eigenvalue weighted by Crippen LogP contribution is 2.29. The van der Waals surface area contributed by atoms with Gasteiger partial charge >= 0.3 is 0 Å². The zero-order valence-electron chi connectivity index (χ0n) is 9.66. The van der Waals surface area contributed by atoms with E-state index in [1.165, 1.54) is 0 Å². The lowest BCUT2D eigenvalue weighted by Gasteiger charge is -2.20. The average molecular weight is 260 g/mol. The molecule has 7 nitrogen and oxygen atoms in total. The first-order valence-corrected chi connectivity index (χ1v) is 7.22. The third-order valence-electron chi connectivity index (χ3n) is 2.87. The van der Waals surface area contributed by atoms with Crippen LogP contribution in [0.5, 0.6) is 0 Å². The van der Waals surface area contributed by atoms with Crippen molar-refractivity contribution < 1.29 is 12.9 Å². The highest BCUT2D eigenvalue weighted by Gasteiger charge is 2.29. The molecule has 1 saturated heterocycles. The van der Waals surface area contributed by atoms with Crippen LogP contribution in [0.25, 0.3) is 0 Å². The SMILES string of the molecule is Cc1nc(C2CCCN2CCS(N)(=O)=O)no1. The van der Waals surface area contributed by atoms with Crippen molar-refractivity contribution >= 4 is 10.0 Å². The molecule has 1 unspecified atom stereocenters. The molecule has 0 aromatic carbocycles. The Bertz CT molecular complexity index is 484. The number of likely N-dealkylation sites (tertiary alicyclic amines) is 1. The van der Waals surface area contributed by atoms with Gasteiger partial charge in [0.25, 0.3) is 0 Å². The molecule has 0 spiro atoms. The summed E-state index contributed by atoms with van der Waals surface area (Å²) >= 11 is 0. The summed E-state index contributed by atoms with van der Waals surface area (Å²) in [6.45, 7) is 2.99. The second-order valence-corrected chi connectivity index (χ2v) is 5.97. The number of hydrogen-bond donors (Lipinski definition) is 1. The highest BCUT2D eigenvalue weighted by molar-refractivity contribution is 7.89. The molecule has 1 aromatic rings. The molecule has 1 atom stereocenters. The number of aromatic nitrogens is 2. The largest absolute Gasteiger partial charge is 0.340 e. The summed E-state index contributed by atoms with van der Waals surface area (Å²) in [5, 5.41) is 8.88. The van der Waals surface area contributed by atoms with E-state index in [1.54, 1.807) is 6.92 Å². The molecule has 96 valence electrons. The molecule has 0 bridgehead atoms. The number of rotatable bonds is 4. The van der Waals surface area contributed by atoms with Gasteiger partial charge in [0.15, 0.2) is 5.82 Å². The first-order chi connectivity index (χ1) is 7.96. The van der Waals surface area contributed by atoms with Gasteiger partial charge in [0.2, 0.25) is 15.9 Å². The molecule has 2 rings (SSSR count). The van der Waals surface area contributed by atoms with Gasteiger partial charge in [0, 0.05) is 13.5 Å². The maximum atomic E-state index is 10.9. The first-order valence-electron chi connectivity index (χ1n) is 5.50. The van der Waals surface area contributed by atoms with Crippen LogP contribution in [0, 0.1) is 6.92 Å². The van der Waals surface area contributed by atoms with E-state index in [0.717, 1.165) is 19.4 Å². The molecule has 0 amide bonds. The molecule has 1 aromatic heterocycles. The van der Waals surface area contributed by atoms with Gasteiger partial charge in [-0.1, -0.05) is 5.16 Å². The summed E-state index contributed by atoms with van der Waals surface area (Å²) in [4.78, 5) is 6.22. The minimum Gasteiger partial charge on any atom is -0.340 e. The number of primary sulfonamides is 1. The summed E-state index contributed by atoms with van der Waals surface area (Å²) in [7, 11) is -3.42. The van der Waals surface area contributed by atoms with Crippen molar-refractivity contribution in [1.82, 2.24) is 15.0 Å². The van der Waals surface area contributed by atoms with Gasteiger partial charge in [0.1, 0.15) is 0 Å². The Kier molecular flexibility index (Phi) is 3.45. The van der Waals surface area contributed by atoms with Crippen molar-refractivity contribution in [3.63, 3.8) is 0 Å². The fraction of sp³-hybridized carbons (Fsp3) is 0.778. The van der Waals surface area contributed by atoms with Crippen LogP contribution in [0.1, 0.15) is 30.6 Å². The van der Waals surface area contributed by atoms with Crippen LogP contribution in [0.3, 0.4) is 0 Å². The topological polar surface area (TPSA) is 102 Å². The van der Waals surface area contributed by atoms with E-state index in [2.05, 4.69) is 10.1 Å². The second kappa shape index (κ2) is 4.71. The monoisotopic (exact) mass is 260 g/mol. The van der Waals surface area contributed by atoms with Crippen LogP contribution < -0.4 is 5.14 Å². The molecule has 1 fully saturated rings. The highest BCUT2D eigenvalue weighted by atomic mass is 32.2. The molecule has 17 heavy (non-hydrogen) atoms. The van der Waals surface area contributed by atoms with Gasteiger partial charge < -0.3 is 4.52 Å². The summed E-state index contributed by atoms with van der Waals surface area (Å²) in [5.41, 5.74) is 0. The fourth-order valence-electron chi connectivity index (χ4n) is 2.08. The van der Waals surface area contributed by atoms with Crippen molar-refractivity contribution in [2.45, 2.75) is 25.8 Å². The molecule has 0 aliphatic carbocycles. The molecular formula is C9H16N4O3S. The van der Waals surface area contributed by atoms with Crippen LogP contribution in [0.15, 0.2) is 4.52 Å². The summed E-state index contributed by atoms with van der Waals surface area (Å²) in [6, 6.07) is 0.0502. The Morgan fingerprint density at radius 1 is 1.59 bits per heavy atom. The van der Waals surface area contributed by atoms with E-state index in [9.17, 15) is 8.42 Å². The smallest absolute Gasteiger partial charge is 0.223 e. The lowest BCUT2D eigenvalue weighted by molar-refractivity contribution is 0.255. The fourth-order valence-corrected chi connectivity index (χ4v) is 2.57. The number of nitrogens with two attached hydrogens (primary N) is 1. The van der Waals surface area contributed by atoms with Crippen LogP contribution in [0.2, 0.25) is 0 Å². The van der Waals surface area contributed by atoms with Crippen LogP contribution >= 0.6 is 0 Å². The molecule has 2 heterocycles. The van der Waals surface area contributed by atoms with Crippen molar-refractivity contribution in [1.29, 1.82) is 0 Å². The molecule has 0 saturated carbocycles. The number of sulfonamides is 1. The Balaban J connectivity index is 2.02. The lowest BCUT2D eigenvalue weighted by atomic mass is 10.2. The zero-order valence-corrected chi connectivity index (χ0v) is 10.5. The lowest BCUT2D eigenvalue weighted by Crippen LogP contribution is -2.31. The molecule has 1 aliphatic heterocycles. The van der Waals surface area contributed by atoms with Gasteiger partial charge in [-0.05, 0) is 19.4 Å². The minimum atomic E-state index is -3.42. The van der Waals surface area contributed by atoms with Crippen LogP contribution in [-0.4, -0.2) is 42.3 Å². The van der Waals surface area contributed by atoms with Gasteiger partial charge in [0.05, 0.1) is 11.8 Å². The Morgan fingerprint density at radius 2 is 2.35 bits per heavy atom. The van der Waals surface area contributed by atoms with Crippen molar-refractivity contribution in [3.05, 3.63) is 11.7 Å². The van der Waals surface area contributed by atoms with Gasteiger partial charge in [-0.15, -0.1) is 0 Å². The Labute approximate surface area is 100 Å². The van der Waals surface area contributed by atoms with Gasteiger partial charge in [-0.2, -0.15) is 4.98 Å². The number of aryl methyl sites for hydroxylation is 1. The number of nitrogens with zero attached hydrogens (tertiary/aromatic N) is 3. The predicted octanol–water partition coefficient (Wildman–Crippen LogP) is -0.197. The van der Waals surface area contributed by atoms with Crippen LogP contribution in [-0.2, 0) is 10.0 Å². The van der Waals surface area contributed by atoms with E-state index >= 15 is 0 Å². The summed E-state index contributed by atoms with van der Waals surface area (Å²) < 4.78 is 26.8. The normalized spacial score (nSPS) is 22.1. The quantitative estimate of drug-likeness (QED) is 0.804. The maximum Gasteiger partial charge on any atom is 0.223 e. The van der Waals surface area contributed by atoms with Crippen molar-refractivity contribution in [2.75, 3.05) is 18.8 Å². The third kappa shape index (κ3) is 3.24. The van der Waals surface area contributed by atoms with Crippen molar-refractivity contribution in [3.8, 4) is 0 Å². The Hall–Kier alpha value is -0.990. The van der Waals surface area contributed by atoms with E-state index < -0.39 is 10.0 Å². The predicted molar refractivity (Wildman–Crippen MR) is 60.6 cm³/mol. The summed E-state index contributed by atoms with van der Waals surface area (Å²) in [5.74, 6) is 1.12. The average Bonchev–Trinajstić information content (AvgIpc) is 2.81. The Morgan fingerprint density at radius 3 is 2.94 bits per heavy atom. The van der Waals surface area contributed by atoms with E-state index in [4.69, 9.17) is 9.66 Å². The minimum absolute atomic E-state index is 0.0413. The standard InChI is InChI=1S/C9H16N4O3S/c1-7-11-9(12-16-7)8-3-2-4-13(8)5-6-17(10,14)15/h8H,2-6H2,1H3,(H2,10,14,15). The summed E-state index contributed by atoms with van der Waals surface area (Å²) in [6.07, 6.45) is 1.92. The second-order valence-electron chi connectivity index (χ2n) is 4.23. The number of hydrogen-bond acceptors (Lipinski definition) is 6. The third-order valence-corrected chi connectivity index (χ3v) is 3.62.